The zero-order chi connectivity index (χ0) is 8.20. The third kappa shape index (κ3) is 5.66. The van der Waals surface area contributed by atoms with Crippen LogP contribution in [0.15, 0.2) is 12.7 Å². The van der Waals surface area contributed by atoms with E-state index in [2.05, 4.69) is 6.58 Å². The summed E-state index contributed by atoms with van der Waals surface area (Å²) < 4.78 is 36.4. The van der Waals surface area contributed by atoms with Crippen LogP contribution in [0.4, 0.5) is 13.2 Å². The van der Waals surface area contributed by atoms with E-state index in [0.717, 1.165) is 0 Å². The van der Waals surface area contributed by atoms with E-state index < -0.39 is 18.5 Å². The van der Waals surface area contributed by atoms with Gasteiger partial charge in [0.05, 0.1) is 0 Å². The van der Waals surface area contributed by atoms with Crippen molar-refractivity contribution in [2.45, 2.75) is 31.9 Å². The molecule has 0 aliphatic heterocycles. The van der Waals surface area contributed by atoms with Crippen LogP contribution in [0.2, 0.25) is 0 Å². The van der Waals surface area contributed by atoms with Gasteiger partial charge in [0.2, 0.25) is 5.92 Å². The Hall–Kier alpha value is -0.470. The molecule has 0 fully saturated rings. The Morgan fingerprint density at radius 3 is 2.40 bits per heavy atom. The highest BCUT2D eigenvalue weighted by atomic mass is 19.3. The highest BCUT2D eigenvalue weighted by molar-refractivity contribution is 4.75. The minimum Gasteiger partial charge on any atom is -0.247 e. The molecule has 0 aliphatic rings. The molecule has 0 spiro atoms. The number of halogens is 3. The zero-order valence-electron chi connectivity index (χ0n) is 5.91. The van der Waals surface area contributed by atoms with Gasteiger partial charge < -0.3 is 0 Å². The Morgan fingerprint density at radius 1 is 1.60 bits per heavy atom. The van der Waals surface area contributed by atoms with Crippen molar-refractivity contribution >= 4 is 0 Å². The van der Waals surface area contributed by atoms with Gasteiger partial charge in [-0.3, -0.25) is 0 Å². The highest BCUT2D eigenvalue weighted by Crippen LogP contribution is 2.21. The normalized spacial score (nSPS) is 14.8. The van der Waals surface area contributed by atoms with E-state index in [4.69, 9.17) is 0 Å². The van der Waals surface area contributed by atoms with E-state index in [1.54, 1.807) is 0 Å². The van der Waals surface area contributed by atoms with Gasteiger partial charge in [-0.1, -0.05) is 6.08 Å². The standard InChI is InChI=1S/C7H11F3/c1-3-4-6(8)5-7(2,9)10/h3,6H,1,4-5H2,2H3. The van der Waals surface area contributed by atoms with Crippen molar-refractivity contribution in [3.05, 3.63) is 12.7 Å². The zero-order valence-corrected chi connectivity index (χ0v) is 5.91. The summed E-state index contributed by atoms with van der Waals surface area (Å²) in [6.45, 7) is 3.96. The molecule has 0 aromatic carbocycles. The summed E-state index contributed by atoms with van der Waals surface area (Å²) in [5.41, 5.74) is 0. The molecule has 0 saturated carbocycles. The molecular weight excluding hydrogens is 141 g/mol. The second-order valence-corrected chi connectivity index (χ2v) is 2.40. The van der Waals surface area contributed by atoms with Crippen LogP contribution in [0.1, 0.15) is 19.8 Å². The molecular formula is C7H11F3. The van der Waals surface area contributed by atoms with Crippen LogP contribution in [0.25, 0.3) is 0 Å². The fourth-order valence-corrected chi connectivity index (χ4v) is 0.653. The lowest BCUT2D eigenvalue weighted by atomic mass is 10.1. The van der Waals surface area contributed by atoms with Gasteiger partial charge >= 0.3 is 0 Å². The first-order valence-electron chi connectivity index (χ1n) is 3.08. The SMILES string of the molecule is C=CCC(F)CC(C)(F)F. The van der Waals surface area contributed by atoms with Gasteiger partial charge in [0.25, 0.3) is 0 Å². The Bertz CT molecular complexity index is 104. The van der Waals surface area contributed by atoms with Crippen LogP contribution < -0.4 is 0 Å². The molecule has 0 aliphatic carbocycles. The van der Waals surface area contributed by atoms with Gasteiger partial charge in [-0.2, -0.15) is 0 Å². The first-order valence-corrected chi connectivity index (χ1v) is 3.08. The molecule has 0 saturated heterocycles. The third-order valence-corrected chi connectivity index (χ3v) is 1.00. The van der Waals surface area contributed by atoms with Crippen LogP contribution in [0.3, 0.4) is 0 Å². The average Bonchev–Trinajstić information content (AvgIpc) is 1.59. The molecule has 3 heteroatoms. The van der Waals surface area contributed by atoms with Crippen LogP contribution in [-0.4, -0.2) is 12.1 Å². The maximum absolute atomic E-state index is 12.3. The van der Waals surface area contributed by atoms with Crippen LogP contribution in [0.5, 0.6) is 0 Å². The first-order chi connectivity index (χ1) is 4.45. The smallest absolute Gasteiger partial charge is 0.247 e. The monoisotopic (exact) mass is 152 g/mol. The minimum absolute atomic E-state index is 0.00340. The van der Waals surface area contributed by atoms with Crippen molar-refractivity contribution in [1.29, 1.82) is 0 Å². The minimum atomic E-state index is -2.90. The summed E-state index contributed by atoms with van der Waals surface area (Å²) in [7, 11) is 0. The average molecular weight is 152 g/mol. The molecule has 1 unspecified atom stereocenters. The Labute approximate surface area is 58.7 Å². The van der Waals surface area contributed by atoms with E-state index in [0.29, 0.717) is 6.92 Å². The fourth-order valence-electron chi connectivity index (χ4n) is 0.653. The van der Waals surface area contributed by atoms with Crippen molar-refractivity contribution < 1.29 is 13.2 Å². The molecule has 0 N–H and O–H groups in total. The lowest BCUT2D eigenvalue weighted by Crippen LogP contribution is -2.16. The van der Waals surface area contributed by atoms with Gasteiger partial charge in [0.1, 0.15) is 6.17 Å². The maximum Gasteiger partial charge on any atom is 0.248 e. The number of alkyl halides is 3. The second-order valence-electron chi connectivity index (χ2n) is 2.40. The quantitative estimate of drug-likeness (QED) is 0.543. The van der Waals surface area contributed by atoms with E-state index in [-0.39, 0.29) is 6.42 Å². The van der Waals surface area contributed by atoms with Gasteiger partial charge in [0.15, 0.2) is 0 Å². The molecule has 0 amide bonds. The molecule has 60 valence electrons. The summed E-state index contributed by atoms with van der Waals surface area (Å²) in [6.07, 6.45) is -0.865. The summed E-state index contributed by atoms with van der Waals surface area (Å²) in [6, 6.07) is 0. The van der Waals surface area contributed by atoms with E-state index >= 15 is 0 Å². The Balaban J connectivity index is 3.56. The summed E-state index contributed by atoms with van der Waals surface area (Å²) in [4.78, 5) is 0. The Morgan fingerprint density at radius 2 is 2.10 bits per heavy atom. The maximum atomic E-state index is 12.3. The van der Waals surface area contributed by atoms with Crippen molar-refractivity contribution in [3.8, 4) is 0 Å². The van der Waals surface area contributed by atoms with Gasteiger partial charge in [-0.25, -0.2) is 13.2 Å². The molecule has 0 nitrogen and oxygen atoms in total. The first kappa shape index (κ1) is 9.53. The van der Waals surface area contributed by atoms with Crippen LogP contribution in [0, 0.1) is 0 Å². The van der Waals surface area contributed by atoms with Gasteiger partial charge in [0, 0.05) is 6.42 Å². The molecule has 1 atom stereocenters. The fraction of sp³-hybridized carbons (Fsp3) is 0.714. The summed E-state index contributed by atoms with van der Waals surface area (Å²) >= 11 is 0. The van der Waals surface area contributed by atoms with Crippen molar-refractivity contribution in [2.24, 2.45) is 0 Å². The van der Waals surface area contributed by atoms with Crippen molar-refractivity contribution in [3.63, 3.8) is 0 Å². The topological polar surface area (TPSA) is 0 Å². The van der Waals surface area contributed by atoms with Crippen LogP contribution in [-0.2, 0) is 0 Å². The van der Waals surface area contributed by atoms with Crippen molar-refractivity contribution in [2.75, 3.05) is 0 Å². The van der Waals surface area contributed by atoms with E-state index in [1.807, 2.05) is 0 Å². The molecule has 0 aromatic heterocycles. The summed E-state index contributed by atoms with van der Waals surface area (Å²) in [5, 5.41) is 0. The molecule has 0 rings (SSSR count). The molecule has 0 heterocycles. The lowest BCUT2D eigenvalue weighted by Gasteiger charge is -2.11. The van der Waals surface area contributed by atoms with Crippen LogP contribution >= 0.6 is 0 Å². The van der Waals surface area contributed by atoms with E-state index in [9.17, 15) is 13.2 Å². The number of allylic oxidation sites excluding steroid dienone is 1. The predicted molar refractivity (Wildman–Crippen MR) is 34.9 cm³/mol. The lowest BCUT2D eigenvalue weighted by molar-refractivity contribution is -0.00886. The second kappa shape index (κ2) is 3.64. The summed E-state index contributed by atoms with van der Waals surface area (Å²) in [5.74, 6) is -2.90. The number of hydrogen-bond acceptors (Lipinski definition) is 0. The number of hydrogen-bond donors (Lipinski definition) is 0. The molecule has 10 heavy (non-hydrogen) atoms. The highest BCUT2D eigenvalue weighted by Gasteiger charge is 2.25. The molecule has 0 bridgehead atoms. The third-order valence-electron chi connectivity index (χ3n) is 1.00. The Kier molecular flexibility index (Phi) is 3.47. The van der Waals surface area contributed by atoms with Gasteiger partial charge in [-0.15, -0.1) is 6.58 Å². The van der Waals surface area contributed by atoms with Crippen molar-refractivity contribution in [1.82, 2.24) is 0 Å². The van der Waals surface area contributed by atoms with Gasteiger partial charge in [-0.05, 0) is 13.3 Å². The van der Waals surface area contributed by atoms with E-state index in [1.165, 1.54) is 6.08 Å². The molecule has 0 radical (unpaired) electrons. The largest absolute Gasteiger partial charge is 0.248 e. The molecule has 0 aromatic rings. The predicted octanol–water partition coefficient (Wildman–Crippen LogP) is 2.95. The number of rotatable bonds is 4.